The molecule has 0 N–H and O–H groups in total. The van der Waals surface area contributed by atoms with Crippen molar-refractivity contribution in [2.75, 3.05) is 36.0 Å². The molecule has 1 fully saturated rings. The van der Waals surface area contributed by atoms with Crippen molar-refractivity contribution in [3.05, 3.63) is 39.4 Å². The molecule has 114 valence electrons. The highest BCUT2D eigenvalue weighted by atomic mass is 35.5. The SMILES string of the molecule is Cc1nc(N2CCN(c3ccc(C#N)c(Cl)c3)CC2)sc1C. The first-order valence-corrected chi connectivity index (χ1v) is 8.41. The van der Waals surface area contributed by atoms with Gasteiger partial charge in [0.05, 0.1) is 16.3 Å². The maximum Gasteiger partial charge on any atom is 0.185 e. The summed E-state index contributed by atoms with van der Waals surface area (Å²) in [6.07, 6.45) is 0. The van der Waals surface area contributed by atoms with E-state index in [1.54, 1.807) is 17.4 Å². The highest BCUT2D eigenvalue weighted by Crippen LogP contribution is 2.28. The molecule has 4 nitrogen and oxygen atoms in total. The maximum atomic E-state index is 8.94. The number of hydrogen-bond acceptors (Lipinski definition) is 5. The zero-order valence-electron chi connectivity index (χ0n) is 12.6. The predicted octanol–water partition coefficient (Wildman–Crippen LogP) is 3.61. The molecule has 0 spiro atoms. The summed E-state index contributed by atoms with van der Waals surface area (Å²) in [6.45, 7) is 7.93. The van der Waals surface area contributed by atoms with Crippen LogP contribution in [0.15, 0.2) is 18.2 Å². The van der Waals surface area contributed by atoms with Crippen molar-refractivity contribution in [2.24, 2.45) is 0 Å². The summed E-state index contributed by atoms with van der Waals surface area (Å²) in [5.74, 6) is 0. The third kappa shape index (κ3) is 2.90. The Hall–Kier alpha value is -1.77. The minimum Gasteiger partial charge on any atom is -0.368 e. The van der Waals surface area contributed by atoms with Crippen molar-refractivity contribution in [1.82, 2.24) is 4.98 Å². The van der Waals surface area contributed by atoms with E-state index in [0.717, 1.165) is 42.7 Å². The second kappa shape index (κ2) is 6.15. The smallest absolute Gasteiger partial charge is 0.185 e. The zero-order chi connectivity index (χ0) is 15.7. The van der Waals surface area contributed by atoms with Crippen LogP contribution in [0, 0.1) is 25.2 Å². The highest BCUT2D eigenvalue weighted by molar-refractivity contribution is 7.15. The molecule has 6 heteroatoms. The zero-order valence-corrected chi connectivity index (χ0v) is 14.2. The number of rotatable bonds is 2. The van der Waals surface area contributed by atoms with E-state index in [2.05, 4.69) is 34.7 Å². The van der Waals surface area contributed by atoms with E-state index >= 15 is 0 Å². The van der Waals surface area contributed by atoms with Crippen molar-refractivity contribution in [3.63, 3.8) is 0 Å². The van der Waals surface area contributed by atoms with Crippen molar-refractivity contribution in [2.45, 2.75) is 13.8 Å². The average Bonchev–Trinajstić information content (AvgIpc) is 2.87. The van der Waals surface area contributed by atoms with Crippen LogP contribution in [0.25, 0.3) is 0 Å². The number of aryl methyl sites for hydroxylation is 2. The molecular weight excluding hydrogens is 316 g/mol. The molecule has 1 aromatic heterocycles. The van der Waals surface area contributed by atoms with Gasteiger partial charge >= 0.3 is 0 Å². The van der Waals surface area contributed by atoms with E-state index < -0.39 is 0 Å². The molecule has 0 radical (unpaired) electrons. The van der Waals surface area contributed by atoms with E-state index in [-0.39, 0.29) is 0 Å². The van der Waals surface area contributed by atoms with Crippen LogP contribution in [0.4, 0.5) is 10.8 Å². The summed E-state index contributed by atoms with van der Waals surface area (Å²) in [5, 5.41) is 10.6. The monoisotopic (exact) mass is 332 g/mol. The van der Waals surface area contributed by atoms with Crippen molar-refractivity contribution in [3.8, 4) is 6.07 Å². The molecule has 3 rings (SSSR count). The molecule has 0 saturated carbocycles. The second-order valence-corrected chi connectivity index (χ2v) is 6.98. The van der Waals surface area contributed by atoms with E-state index in [1.807, 2.05) is 12.1 Å². The lowest BCUT2D eigenvalue weighted by Gasteiger charge is -2.36. The Morgan fingerprint density at radius 3 is 2.41 bits per heavy atom. The summed E-state index contributed by atoms with van der Waals surface area (Å²) in [7, 11) is 0. The molecule has 1 aliphatic heterocycles. The van der Waals surface area contributed by atoms with Gasteiger partial charge < -0.3 is 9.80 Å². The first-order chi connectivity index (χ1) is 10.6. The predicted molar refractivity (Wildman–Crippen MR) is 92.2 cm³/mol. The average molecular weight is 333 g/mol. The summed E-state index contributed by atoms with van der Waals surface area (Å²) < 4.78 is 0. The fraction of sp³-hybridized carbons (Fsp3) is 0.375. The van der Waals surface area contributed by atoms with Crippen LogP contribution in [-0.4, -0.2) is 31.2 Å². The fourth-order valence-corrected chi connectivity index (χ4v) is 3.72. The van der Waals surface area contributed by atoms with Gasteiger partial charge in [-0.2, -0.15) is 5.26 Å². The molecule has 1 aliphatic rings. The minimum absolute atomic E-state index is 0.522. The quantitative estimate of drug-likeness (QED) is 0.842. The first kappa shape index (κ1) is 15.1. The van der Waals surface area contributed by atoms with E-state index in [9.17, 15) is 0 Å². The molecule has 22 heavy (non-hydrogen) atoms. The standard InChI is InChI=1S/C16H17ClN4S/c1-11-12(2)22-16(19-11)21-7-5-20(6-8-21)14-4-3-13(10-18)15(17)9-14/h3-4,9H,5-8H2,1-2H3. The van der Waals surface area contributed by atoms with Gasteiger partial charge in [-0.15, -0.1) is 11.3 Å². The normalized spacial score (nSPS) is 15.0. The lowest BCUT2D eigenvalue weighted by molar-refractivity contribution is 0.651. The van der Waals surface area contributed by atoms with Gasteiger partial charge in [-0.05, 0) is 32.0 Å². The van der Waals surface area contributed by atoms with Crippen LogP contribution in [0.5, 0.6) is 0 Å². The Balaban J connectivity index is 1.69. The largest absolute Gasteiger partial charge is 0.368 e. The number of thiazole rings is 1. The van der Waals surface area contributed by atoms with Crippen LogP contribution < -0.4 is 9.80 Å². The number of piperazine rings is 1. The number of hydrogen-bond donors (Lipinski definition) is 0. The molecule has 2 heterocycles. The summed E-state index contributed by atoms with van der Waals surface area (Å²) in [5.41, 5.74) is 2.73. The van der Waals surface area contributed by atoms with Crippen LogP contribution in [0.2, 0.25) is 5.02 Å². The van der Waals surface area contributed by atoms with Gasteiger partial charge in [-0.1, -0.05) is 11.6 Å². The number of benzene rings is 1. The number of nitriles is 1. The van der Waals surface area contributed by atoms with E-state index in [4.69, 9.17) is 16.9 Å². The molecule has 0 bridgehead atoms. The Bertz CT molecular complexity index is 707. The Kier molecular flexibility index (Phi) is 4.23. The van der Waals surface area contributed by atoms with Crippen LogP contribution in [0.3, 0.4) is 0 Å². The number of halogens is 1. The Morgan fingerprint density at radius 1 is 1.18 bits per heavy atom. The molecule has 0 atom stereocenters. The second-order valence-electron chi connectivity index (χ2n) is 5.39. The van der Waals surface area contributed by atoms with Crippen molar-refractivity contribution < 1.29 is 0 Å². The third-order valence-electron chi connectivity index (χ3n) is 4.01. The molecule has 0 unspecified atom stereocenters. The topological polar surface area (TPSA) is 43.2 Å². The summed E-state index contributed by atoms with van der Waals surface area (Å²) in [6, 6.07) is 7.74. The van der Waals surface area contributed by atoms with Gasteiger partial charge in [0.2, 0.25) is 0 Å². The van der Waals surface area contributed by atoms with Gasteiger partial charge in [0.1, 0.15) is 6.07 Å². The summed E-state index contributed by atoms with van der Waals surface area (Å²) >= 11 is 7.89. The van der Waals surface area contributed by atoms with Gasteiger partial charge in [0.15, 0.2) is 5.13 Å². The molecule has 0 aliphatic carbocycles. The molecule has 1 saturated heterocycles. The maximum absolute atomic E-state index is 8.94. The van der Waals surface area contributed by atoms with Crippen LogP contribution >= 0.6 is 22.9 Å². The van der Waals surface area contributed by atoms with E-state index in [1.165, 1.54) is 4.88 Å². The van der Waals surface area contributed by atoms with Gasteiger partial charge in [-0.25, -0.2) is 4.98 Å². The Labute approximate surface area is 139 Å². The number of nitrogens with zero attached hydrogens (tertiary/aromatic N) is 4. The first-order valence-electron chi connectivity index (χ1n) is 7.22. The van der Waals surface area contributed by atoms with Crippen LogP contribution in [0.1, 0.15) is 16.1 Å². The van der Waals surface area contributed by atoms with Crippen molar-refractivity contribution >= 4 is 33.8 Å². The van der Waals surface area contributed by atoms with Gasteiger partial charge in [0, 0.05) is 36.7 Å². The molecule has 1 aromatic carbocycles. The van der Waals surface area contributed by atoms with Crippen LogP contribution in [-0.2, 0) is 0 Å². The molecular formula is C16H17ClN4S. The summed E-state index contributed by atoms with van der Waals surface area (Å²) in [4.78, 5) is 10.6. The van der Waals surface area contributed by atoms with Gasteiger partial charge in [0.25, 0.3) is 0 Å². The molecule has 2 aromatic rings. The van der Waals surface area contributed by atoms with E-state index in [0.29, 0.717) is 10.6 Å². The lowest BCUT2D eigenvalue weighted by Crippen LogP contribution is -2.46. The van der Waals surface area contributed by atoms with Gasteiger partial charge in [-0.3, -0.25) is 0 Å². The number of aromatic nitrogens is 1. The fourth-order valence-electron chi connectivity index (χ4n) is 2.54. The highest BCUT2D eigenvalue weighted by Gasteiger charge is 2.20. The number of anilines is 2. The lowest BCUT2D eigenvalue weighted by atomic mass is 10.2. The Morgan fingerprint density at radius 2 is 1.86 bits per heavy atom. The third-order valence-corrected chi connectivity index (χ3v) is 5.45. The van der Waals surface area contributed by atoms with Crippen molar-refractivity contribution in [1.29, 1.82) is 5.26 Å². The molecule has 0 amide bonds. The minimum atomic E-state index is 0.522.